The molecule has 2 aliphatic heterocycles. The number of nitrogens with zero attached hydrogens (tertiary/aromatic N) is 1. The molecular formula is C15H30ClN3O4S. The van der Waals surface area contributed by atoms with Crippen LogP contribution >= 0.6 is 12.4 Å². The van der Waals surface area contributed by atoms with Crippen molar-refractivity contribution < 1.29 is 17.9 Å². The van der Waals surface area contributed by atoms with Gasteiger partial charge in [0.2, 0.25) is 15.9 Å². The van der Waals surface area contributed by atoms with Crippen molar-refractivity contribution in [3.63, 3.8) is 0 Å². The van der Waals surface area contributed by atoms with Gasteiger partial charge in [-0.25, -0.2) is 12.7 Å². The smallest absolute Gasteiger partial charge is 0.237 e. The number of nitrogens with one attached hydrogen (secondary N) is 2. The largest absolute Gasteiger partial charge is 0.381 e. The summed E-state index contributed by atoms with van der Waals surface area (Å²) in [5, 5.41) is 6.14. The van der Waals surface area contributed by atoms with E-state index in [2.05, 4.69) is 10.6 Å². The molecule has 0 aliphatic carbocycles. The lowest BCUT2D eigenvalue weighted by atomic mass is 9.99. The summed E-state index contributed by atoms with van der Waals surface area (Å²) in [6.07, 6.45) is 3.72. The average molecular weight is 384 g/mol. The zero-order chi connectivity index (χ0) is 16.7. The Hall–Kier alpha value is -0.410. The van der Waals surface area contributed by atoms with Gasteiger partial charge in [0.15, 0.2) is 0 Å². The molecule has 2 unspecified atom stereocenters. The van der Waals surface area contributed by atoms with Gasteiger partial charge in [-0.1, -0.05) is 0 Å². The third kappa shape index (κ3) is 6.48. The first kappa shape index (κ1) is 21.6. The molecule has 0 aromatic rings. The predicted octanol–water partition coefficient (Wildman–Crippen LogP) is 0.355. The molecular weight excluding hydrogens is 354 g/mol. The highest BCUT2D eigenvalue weighted by Crippen LogP contribution is 2.19. The van der Waals surface area contributed by atoms with Crippen molar-refractivity contribution >= 4 is 28.3 Å². The Bertz CT molecular complexity index is 483. The van der Waals surface area contributed by atoms with Crippen molar-refractivity contribution in [3.8, 4) is 0 Å². The summed E-state index contributed by atoms with van der Waals surface area (Å²) in [6.45, 7) is 5.13. The van der Waals surface area contributed by atoms with E-state index < -0.39 is 10.0 Å². The van der Waals surface area contributed by atoms with E-state index in [9.17, 15) is 13.2 Å². The van der Waals surface area contributed by atoms with Gasteiger partial charge in [0.05, 0.1) is 18.4 Å². The molecule has 0 aromatic heterocycles. The van der Waals surface area contributed by atoms with Crippen LogP contribution in [0.15, 0.2) is 0 Å². The van der Waals surface area contributed by atoms with Gasteiger partial charge in [-0.15, -0.1) is 12.4 Å². The first-order chi connectivity index (χ1) is 11.0. The highest BCUT2D eigenvalue weighted by Gasteiger charge is 2.29. The van der Waals surface area contributed by atoms with Gasteiger partial charge in [0.25, 0.3) is 0 Å². The molecule has 2 atom stereocenters. The zero-order valence-electron chi connectivity index (χ0n) is 14.3. The van der Waals surface area contributed by atoms with Crippen LogP contribution in [0.5, 0.6) is 0 Å². The maximum absolute atomic E-state index is 12.3. The van der Waals surface area contributed by atoms with Crippen LogP contribution < -0.4 is 10.6 Å². The van der Waals surface area contributed by atoms with Crippen molar-refractivity contribution in [2.75, 3.05) is 45.1 Å². The Morgan fingerprint density at radius 1 is 1.33 bits per heavy atom. The fourth-order valence-corrected chi connectivity index (χ4v) is 4.59. The van der Waals surface area contributed by atoms with Crippen molar-refractivity contribution in [2.24, 2.45) is 5.92 Å². The molecule has 1 amide bonds. The lowest BCUT2D eigenvalue weighted by Crippen LogP contribution is -2.47. The molecule has 7 nitrogen and oxygen atoms in total. The van der Waals surface area contributed by atoms with E-state index in [0.717, 1.165) is 32.2 Å². The van der Waals surface area contributed by atoms with E-state index in [1.165, 1.54) is 0 Å². The van der Waals surface area contributed by atoms with Crippen LogP contribution in [-0.2, 0) is 19.6 Å². The molecule has 2 N–H and O–H groups in total. The van der Waals surface area contributed by atoms with Crippen molar-refractivity contribution in [3.05, 3.63) is 0 Å². The summed E-state index contributed by atoms with van der Waals surface area (Å²) in [6, 6.07) is -0.0791. The lowest BCUT2D eigenvalue weighted by molar-refractivity contribution is -0.123. The van der Waals surface area contributed by atoms with Crippen molar-refractivity contribution in [1.29, 1.82) is 0 Å². The molecule has 0 spiro atoms. The monoisotopic (exact) mass is 383 g/mol. The minimum Gasteiger partial charge on any atom is -0.381 e. The van der Waals surface area contributed by atoms with Crippen LogP contribution in [0, 0.1) is 5.92 Å². The lowest BCUT2D eigenvalue weighted by Gasteiger charge is -2.32. The molecule has 0 aromatic carbocycles. The van der Waals surface area contributed by atoms with Crippen LogP contribution in [0.25, 0.3) is 0 Å². The molecule has 2 heterocycles. The van der Waals surface area contributed by atoms with Gasteiger partial charge in [-0.2, -0.15) is 0 Å². The predicted molar refractivity (Wildman–Crippen MR) is 95.9 cm³/mol. The Labute approximate surface area is 151 Å². The number of hydrogen-bond donors (Lipinski definition) is 2. The quantitative estimate of drug-likeness (QED) is 0.591. The van der Waals surface area contributed by atoms with Crippen LogP contribution in [0.4, 0.5) is 0 Å². The summed E-state index contributed by atoms with van der Waals surface area (Å²) in [5.41, 5.74) is 0. The second-order valence-electron chi connectivity index (χ2n) is 6.27. The maximum atomic E-state index is 12.3. The number of piperidine rings is 1. The molecule has 0 saturated carbocycles. The number of ether oxygens (including phenoxy) is 1. The fraction of sp³-hybridized carbons (Fsp3) is 0.933. The highest BCUT2D eigenvalue weighted by molar-refractivity contribution is 7.89. The number of halogens is 1. The number of amides is 1. The van der Waals surface area contributed by atoms with E-state index in [0.29, 0.717) is 26.2 Å². The third-order valence-electron chi connectivity index (χ3n) is 4.51. The summed E-state index contributed by atoms with van der Waals surface area (Å²) in [7, 11) is -3.26. The molecule has 24 heavy (non-hydrogen) atoms. The summed E-state index contributed by atoms with van der Waals surface area (Å²) < 4.78 is 31.3. The maximum Gasteiger partial charge on any atom is 0.237 e. The van der Waals surface area contributed by atoms with Crippen LogP contribution in [0.2, 0.25) is 0 Å². The first-order valence-electron chi connectivity index (χ1n) is 8.59. The van der Waals surface area contributed by atoms with Gasteiger partial charge in [-0.05, 0) is 45.1 Å². The molecule has 2 aliphatic rings. The third-order valence-corrected chi connectivity index (χ3v) is 6.31. The Morgan fingerprint density at radius 2 is 2.12 bits per heavy atom. The topological polar surface area (TPSA) is 87.7 Å². The summed E-state index contributed by atoms with van der Waals surface area (Å²) >= 11 is 0. The van der Waals surface area contributed by atoms with Crippen molar-refractivity contribution in [1.82, 2.24) is 14.9 Å². The number of hydrogen-bond acceptors (Lipinski definition) is 5. The van der Waals surface area contributed by atoms with E-state index in [4.69, 9.17) is 4.74 Å². The summed E-state index contributed by atoms with van der Waals surface area (Å²) in [4.78, 5) is 12.0. The number of carbonyl (C=O) groups is 1. The van der Waals surface area contributed by atoms with Crippen molar-refractivity contribution in [2.45, 2.75) is 38.6 Å². The van der Waals surface area contributed by atoms with Gasteiger partial charge in [0, 0.05) is 26.2 Å². The minimum absolute atomic E-state index is 0. The first-order valence-corrected chi connectivity index (χ1v) is 10.2. The van der Waals surface area contributed by atoms with Crippen LogP contribution in [0.1, 0.15) is 32.6 Å². The SMILES string of the molecule is CCOCCS(=O)(=O)N1CCCC(CNC(=O)C2CCCN2)C1.Cl. The average Bonchev–Trinajstić information content (AvgIpc) is 3.07. The van der Waals surface area contributed by atoms with E-state index in [1.54, 1.807) is 4.31 Å². The number of sulfonamides is 1. The molecule has 2 rings (SSSR count). The second-order valence-corrected chi connectivity index (χ2v) is 8.36. The van der Waals surface area contributed by atoms with Crippen LogP contribution in [-0.4, -0.2) is 69.8 Å². The van der Waals surface area contributed by atoms with Gasteiger partial charge in [0.1, 0.15) is 0 Å². The molecule has 142 valence electrons. The normalized spacial score (nSPS) is 25.2. The van der Waals surface area contributed by atoms with Gasteiger partial charge < -0.3 is 15.4 Å². The van der Waals surface area contributed by atoms with Crippen LogP contribution in [0.3, 0.4) is 0 Å². The van der Waals surface area contributed by atoms with Gasteiger partial charge in [-0.3, -0.25) is 4.79 Å². The van der Waals surface area contributed by atoms with E-state index >= 15 is 0 Å². The Morgan fingerprint density at radius 3 is 2.79 bits per heavy atom. The second kappa shape index (κ2) is 10.6. The standard InChI is InChI=1S/C15H29N3O4S.ClH/c1-2-22-9-10-23(20,21)18-8-4-5-13(12-18)11-17-15(19)14-6-3-7-16-14;/h13-14,16H,2-12H2,1H3,(H,17,19);1H. The molecule has 0 radical (unpaired) electrons. The van der Waals surface area contributed by atoms with Gasteiger partial charge >= 0.3 is 0 Å². The molecule has 9 heteroatoms. The highest BCUT2D eigenvalue weighted by atomic mass is 35.5. The van der Waals surface area contributed by atoms with E-state index in [1.807, 2.05) is 6.92 Å². The summed E-state index contributed by atoms with van der Waals surface area (Å²) in [5.74, 6) is 0.265. The number of carbonyl (C=O) groups excluding carboxylic acids is 1. The Kier molecular flexibility index (Phi) is 9.51. The molecule has 0 bridgehead atoms. The molecule has 2 saturated heterocycles. The number of rotatable bonds is 8. The van der Waals surface area contributed by atoms with E-state index in [-0.39, 0.29) is 42.6 Å². The fourth-order valence-electron chi connectivity index (χ4n) is 3.16. The Balaban J connectivity index is 0.00000288. The minimum atomic E-state index is -3.26. The zero-order valence-corrected chi connectivity index (χ0v) is 16.0. The molecule has 2 fully saturated rings.